The van der Waals surface area contributed by atoms with E-state index >= 15 is 0 Å². The van der Waals surface area contributed by atoms with Gasteiger partial charge in [-0.15, -0.1) is 0 Å². The van der Waals surface area contributed by atoms with Crippen molar-refractivity contribution in [2.45, 2.75) is 25.5 Å². The first-order valence-corrected chi connectivity index (χ1v) is 6.30. The largest absolute Gasteiger partial charge is 0.293 e. The quantitative estimate of drug-likeness (QED) is 0.763. The van der Waals surface area contributed by atoms with Crippen LogP contribution in [0.25, 0.3) is 0 Å². The fourth-order valence-corrected chi connectivity index (χ4v) is 1.89. The molecular formula is C12H15FO2S. The lowest BCUT2D eigenvalue weighted by molar-refractivity contribution is 0.102. The molecule has 2 nitrogen and oxygen atoms in total. The number of carbonyl (C=O) groups excluding carboxylic acids is 1. The molecular weight excluding hydrogens is 227 g/mol. The molecule has 88 valence electrons. The molecule has 16 heavy (non-hydrogen) atoms. The summed E-state index contributed by atoms with van der Waals surface area (Å²) in [4.78, 5) is 11.7. The molecule has 0 saturated heterocycles. The van der Waals surface area contributed by atoms with E-state index in [1.807, 2.05) is 20.8 Å². The lowest BCUT2D eigenvalue weighted by atomic mass is 10.1. The molecule has 1 rings (SSSR count). The highest BCUT2D eigenvalue weighted by molar-refractivity contribution is 7.87. The summed E-state index contributed by atoms with van der Waals surface area (Å²) in [5.74, 6) is -0.614. The highest BCUT2D eigenvalue weighted by Crippen LogP contribution is 2.13. The van der Waals surface area contributed by atoms with Crippen LogP contribution in [0.1, 0.15) is 31.1 Å². The van der Waals surface area contributed by atoms with Gasteiger partial charge in [-0.3, -0.25) is 9.00 Å². The van der Waals surface area contributed by atoms with Gasteiger partial charge in [-0.25, -0.2) is 4.39 Å². The van der Waals surface area contributed by atoms with Gasteiger partial charge in [0.25, 0.3) is 0 Å². The van der Waals surface area contributed by atoms with E-state index in [1.165, 1.54) is 24.3 Å². The number of hydrogen-bond acceptors (Lipinski definition) is 2. The van der Waals surface area contributed by atoms with Crippen LogP contribution in [0, 0.1) is 5.82 Å². The monoisotopic (exact) mass is 242 g/mol. The van der Waals surface area contributed by atoms with Crippen molar-refractivity contribution in [1.29, 1.82) is 0 Å². The van der Waals surface area contributed by atoms with Gasteiger partial charge in [0.2, 0.25) is 0 Å². The average Bonchev–Trinajstić information content (AvgIpc) is 2.17. The number of benzene rings is 1. The van der Waals surface area contributed by atoms with Crippen molar-refractivity contribution in [3.05, 3.63) is 35.6 Å². The van der Waals surface area contributed by atoms with Gasteiger partial charge < -0.3 is 0 Å². The minimum Gasteiger partial charge on any atom is -0.293 e. The zero-order valence-corrected chi connectivity index (χ0v) is 10.4. The van der Waals surface area contributed by atoms with Crippen molar-refractivity contribution in [1.82, 2.24) is 0 Å². The summed E-state index contributed by atoms with van der Waals surface area (Å²) in [5.41, 5.74) is 0.402. The molecule has 0 aliphatic heterocycles. The van der Waals surface area contributed by atoms with Gasteiger partial charge in [-0.1, -0.05) is 0 Å². The second-order valence-electron chi connectivity index (χ2n) is 4.53. The minimum atomic E-state index is -1.22. The third kappa shape index (κ3) is 3.52. The lowest BCUT2D eigenvalue weighted by Gasteiger charge is -2.16. The zero-order chi connectivity index (χ0) is 12.3. The topological polar surface area (TPSA) is 34.1 Å². The number of Topliss-reactive ketones (excluding diaryl/α,β-unsaturated/α-hetero) is 1. The van der Waals surface area contributed by atoms with E-state index in [-0.39, 0.29) is 17.4 Å². The van der Waals surface area contributed by atoms with Gasteiger partial charge in [0.05, 0.1) is 5.75 Å². The van der Waals surface area contributed by atoms with E-state index in [0.717, 1.165) is 0 Å². The summed E-state index contributed by atoms with van der Waals surface area (Å²) in [6.45, 7) is 5.46. The number of carbonyl (C=O) groups is 1. The van der Waals surface area contributed by atoms with E-state index < -0.39 is 15.5 Å². The SMILES string of the molecule is CC(C)(C)S(=O)CC(=O)c1ccc(F)cc1. The Balaban J connectivity index is 2.74. The Kier molecular flexibility index (Phi) is 3.97. The molecule has 1 atom stereocenters. The molecule has 0 spiro atoms. The maximum atomic E-state index is 12.6. The van der Waals surface area contributed by atoms with Crippen LogP contribution in [0.5, 0.6) is 0 Å². The van der Waals surface area contributed by atoms with Gasteiger partial charge in [0, 0.05) is 21.1 Å². The first-order chi connectivity index (χ1) is 7.30. The van der Waals surface area contributed by atoms with Crippen molar-refractivity contribution in [2.24, 2.45) is 0 Å². The maximum Gasteiger partial charge on any atom is 0.175 e. The Bertz CT molecular complexity index is 404. The number of ketones is 1. The molecule has 4 heteroatoms. The molecule has 0 radical (unpaired) electrons. The molecule has 1 unspecified atom stereocenters. The molecule has 0 N–H and O–H groups in total. The van der Waals surface area contributed by atoms with Gasteiger partial charge in [-0.05, 0) is 45.0 Å². The van der Waals surface area contributed by atoms with E-state index in [2.05, 4.69) is 0 Å². The lowest BCUT2D eigenvalue weighted by Crippen LogP contribution is -2.27. The zero-order valence-electron chi connectivity index (χ0n) is 9.62. The third-order valence-corrected chi connectivity index (χ3v) is 4.00. The predicted molar refractivity (Wildman–Crippen MR) is 63.5 cm³/mol. The number of halogens is 1. The van der Waals surface area contributed by atoms with E-state index in [9.17, 15) is 13.4 Å². The summed E-state index contributed by atoms with van der Waals surface area (Å²) in [7, 11) is -1.22. The molecule has 0 aliphatic carbocycles. The van der Waals surface area contributed by atoms with E-state index in [0.29, 0.717) is 5.56 Å². The third-order valence-electron chi connectivity index (χ3n) is 2.11. The van der Waals surface area contributed by atoms with Crippen LogP contribution in [0.15, 0.2) is 24.3 Å². The highest BCUT2D eigenvalue weighted by atomic mass is 32.2. The summed E-state index contributed by atoms with van der Waals surface area (Å²) in [5, 5.41) is 0. The average molecular weight is 242 g/mol. The van der Waals surface area contributed by atoms with Crippen LogP contribution >= 0.6 is 0 Å². The fraction of sp³-hybridized carbons (Fsp3) is 0.417. The van der Waals surface area contributed by atoms with E-state index in [4.69, 9.17) is 0 Å². The smallest absolute Gasteiger partial charge is 0.175 e. The first kappa shape index (κ1) is 13.0. The van der Waals surface area contributed by atoms with Crippen molar-refractivity contribution in [3.63, 3.8) is 0 Å². The standard InChI is InChI=1S/C12H15FO2S/c1-12(2,3)16(15)8-11(14)9-4-6-10(13)7-5-9/h4-7H,8H2,1-3H3. The van der Waals surface area contributed by atoms with Crippen LogP contribution in [-0.2, 0) is 10.8 Å². The molecule has 1 aromatic carbocycles. The molecule has 0 amide bonds. The van der Waals surface area contributed by atoms with Gasteiger partial charge in [0.15, 0.2) is 5.78 Å². The van der Waals surface area contributed by atoms with Crippen molar-refractivity contribution < 1.29 is 13.4 Å². The second-order valence-corrected chi connectivity index (χ2v) is 6.74. The maximum absolute atomic E-state index is 12.6. The van der Waals surface area contributed by atoms with Gasteiger partial charge in [0.1, 0.15) is 5.82 Å². The number of hydrogen-bond donors (Lipinski definition) is 0. The fourth-order valence-electron chi connectivity index (χ4n) is 1.05. The molecule has 0 saturated carbocycles. The molecule has 0 aliphatic rings. The molecule has 0 heterocycles. The summed E-state index contributed by atoms with van der Waals surface area (Å²) in [6.07, 6.45) is 0. The number of rotatable bonds is 3. The van der Waals surface area contributed by atoms with E-state index in [1.54, 1.807) is 0 Å². The minimum absolute atomic E-state index is 0.0187. The van der Waals surface area contributed by atoms with Crippen LogP contribution in [0.2, 0.25) is 0 Å². The molecule has 1 aromatic rings. The normalized spacial score (nSPS) is 13.5. The van der Waals surface area contributed by atoms with Gasteiger partial charge >= 0.3 is 0 Å². The Morgan fingerprint density at radius 3 is 2.19 bits per heavy atom. The Morgan fingerprint density at radius 1 is 1.25 bits per heavy atom. The van der Waals surface area contributed by atoms with Gasteiger partial charge in [-0.2, -0.15) is 0 Å². The Morgan fingerprint density at radius 2 is 1.75 bits per heavy atom. The second kappa shape index (κ2) is 4.87. The Hall–Kier alpha value is -1.03. The summed E-state index contributed by atoms with van der Waals surface area (Å²) >= 11 is 0. The van der Waals surface area contributed by atoms with Crippen LogP contribution in [0.3, 0.4) is 0 Å². The van der Waals surface area contributed by atoms with Crippen LogP contribution in [0.4, 0.5) is 4.39 Å². The van der Waals surface area contributed by atoms with Crippen molar-refractivity contribution in [2.75, 3.05) is 5.75 Å². The predicted octanol–water partition coefficient (Wildman–Crippen LogP) is 2.56. The molecule has 0 aromatic heterocycles. The highest BCUT2D eigenvalue weighted by Gasteiger charge is 2.22. The van der Waals surface area contributed by atoms with Crippen molar-refractivity contribution >= 4 is 16.6 Å². The first-order valence-electron chi connectivity index (χ1n) is 4.98. The van der Waals surface area contributed by atoms with Crippen LogP contribution in [-0.4, -0.2) is 20.5 Å². The summed E-state index contributed by atoms with van der Waals surface area (Å²) in [6, 6.07) is 5.29. The van der Waals surface area contributed by atoms with Crippen molar-refractivity contribution in [3.8, 4) is 0 Å². The van der Waals surface area contributed by atoms with Crippen LogP contribution < -0.4 is 0 Å². The molecule has 0 bridgehead atoms. The summed E-state index contributed by atoms with van der Waals surface area (Å²) < 4.78 is 24.0. The Labute approximate surface area is 97.3 Å². The molecule has 0 fully saturated rings.